The van der Waals surface area contributed by atoms with Gasteiger partial charge in [0.05, 0.1) is 0 Å². The second-order valence-electron chi connectivity index (χ2n) is 2.46. The molecule has 0 nitrogen and oxygen atoms in total. The van der Waals surface area contributed by atoms with Crippen molar-refractivity contribution in [3.63, 3.8) is 0 Å². The highest BCUT2D eigenvalue weighted by Crippen LogP contribution is 2.06. The van der Waals surface area contributed by atoms with Crippen molar-refractivity contribution in [3.8, 4) is 0 Å². The van der Waals surface area contributed by atoms with Crippen molar-refractivity contribution in [2.45, 2.75) is 27.7 Å². The monoisotopic (exact) mass is 136 g/mol. The molecule has 0 radical (unpaired) electrons. The molecule has 0 aliphatic carbocycles. The minimum absolute atomic E-state index is 1.31. The van der Waals surface area contributed by atoms with E-state index in [-0.39, 0.29) is 0 Å². The molecule has 0 aromatic carbocycles. The van der Waals surface area contributed by atoms with Crippen LogP contribution in [0.4, 0.5) is 0 Å². The molecular weight excluding hydrogens is 120 g/mol. The Morgan fingerprint density at radius 1 is 0.900 bits per heavy atom. The highest BCUT2D eigenvalue weighted by molar-refractivity contribution is 5.33. The van der Waals surface area contributed by atoms with E-state index in [0.29, 0.717) is 0 Å². The first-order valence-electron chi connectivity index (χ1n) is 3.65. The molecule has 0 aromatic heterocycles. The van der Waals surface area contributed by atoms with Crippen LogP contribution in [0.15, 0.2) is 35.5 Å². The quantitative estimate of drug-likeness (QED) is 0.510. The first-order chi connectivity index (χ1) is 4.72. The van der Waals surface area contributed by atoms with Crippen molar-refractivity contribution in [3.05, 3.63) is 35.5 Å². The topological polar surface area (TPSA) is 0 Å². The molecule has 0 heteroatoms. The molecule has 0 aliphatic rings. The van der Waals surface area contributed by atoms with Crippen molar-refractivity contribution >= 4 is 0 Å². The Balaban J connectivity index is 4.43. The molecule has 0 rings (SSSR count). The van der Waals surface area contributed by atoms with Gasteiger partial charge in [0.2, 0.25) is 0 Å². The number of rotatable bonds is 2. The van der Waals surface area contributed by atoms with Gasteiger partial charge in [-0.15, -0.1) is 0 Å². The summed E-state index contributed by atoms with van der Waals surface area (Å²) in [6.45, 7) is 8.31. The Morgan fingerprint density at radius 3 is 1.50 bits per heavy atom. The molecule has 0 amide bonds. The molecule has 0 unspecified atom stereocenters. The largest absolute Gasteiger partial charge is 0.0871 e. The second-order valence-corrected chi connectivity index (χ2v) is 2.46. The van der Waals surface area contributed by atoms with Crippen LogP contribution < -0.4 is 0 Å². The SMILES string of the molecule is CC=CC(C=CC)=C(C)C. The Kier molecular flexibility index (Phi) is 4.65. The van der Waals surface area contributed by atoms with E-state index in [1.54, 1.807) is 0 Å². The second kappa shape index (κ2) is 5.04. The van der Waals surface area contributed by atoms with Gasteiger partial charge in [-0.1, -0.05) is 29.9 Å². The summed E-state index contributed by atoms with van der Waals surface area (Å²) in [7, 11) is 0. The summed E-state index contributed by atoms with van der Waals surface area (Å²) < 4.78 is 0. The van der Waals surface area contributed by atoms with Crippen molar-refractivity contribution in [2.75, 3.05) is 0 Å². The third-order valence-electron chi connectivity index (χ3n) is 1.27. The van der Waals surface area contributed by atoms with Gasteiger partial charge < -0.3 is 0 Å². The van der Waals surface area contributed by atoms with E-state index in [1.165, 1.54) is 11.1 Å². The van der Waals surface area contributed by atoms with Crippen molar-refractivity contribution in [2.24, 2.45) is 0 Å². The lowest BCUT2D eigenvalue weighted by Crippen LogP contribution is -1.74. The first-order valence-corrected chi connectivity index (χ1v) is 3.65. The molecule has 0 fully saturated rings. The van der Waals surface area contributed by atoms with Gasteiger partial charge in [-0.2, -0.15) is 0 Å². The zero-order chi connectivity index (χ0) is 7.98. The van der Waals surface area contributed by atoms with Crippen LogP contribution in [0.3, 0.4) is 0 Å². The lowest BCUT2D eigenvalue weighted by molar-refractivity contribution is 1.34. The summed E-state index contributed by atoms with van der Waals surface area (Å²) in [6.07, 6.45) is 8.36. The molecule has 0 saturated heterocycles. The Bertz CT molecular complexity index is 150. The van der Waals surface area contributed by atoms with E-state index in [1.807, 2.05) is 13.8 Å². The van der Waals surface area contributed by atoms with Crippen LogP contribution in [0.1, 0.15) is 27.7 Å². The Hall–Kier alpha value is -0.780. The molecule has 0 aromatic rings. The predicted molar refractivity (Wildman–Crippen MR) is 48.0 cm³/mol. The third kappa shape index (κ3) is 3.29. The summed E-state index contributed by atoms with van der Waals surface area (Å²) in [5.74, 6) is 0. The molecule has 0 aliphatic heterocycles. The number of hydrogen-bond acceptors (Lipinski definition) is 0. The zero-order valence-electron chi connectivity index (χ0n) is 7.31. The maximum atomic E-state index is 2.12. The van der Waals surface area contributed by atoms with E-state index < -0.39 is 0 Å². The molecule has 0 heterocycles. The van der Waals surface area contributed by atoms with Gasteiger partial charge in [0.15, 0.2) is 0 Å². The highest BCUT2D eigenvalue weighted by atomic mass is 13.9. The zero-order valence-corrected chi connectivity index (χ0v) is 7.31. The summed E-state index contributed by atoms with van der Waals surface area (Å²) in [5, 5.41) is 0. The fourth-order valence-corrected chi connectivity index (χ4v) is 0.748. The van der Waals surface area contributed by atoms with Gasteiger partial charge in [-0.3, -0.25) is 0 Å². The lowest BCUT2D eigenvalue weighted by atomic mass is 10.1. The van der Waals surface area contributed by atoms with E-state index in [4.69, 9.17) is 0 Å². The highest BCUT2D eigenvalue weighted by Gasteiger charge is 1.85. The van der Waals surface area contributed by atoms with Crippen LogP contribution in [-0.2, 0) is 0 Å². The van der Waals surface area contributed by atoms with Gasteiger partial charge >= 0.3 is 0 Å². The van der Waals surface area contributed by atoms with E-state index in [0.717, 1.165) is 0 Å². The van der Waals surface area contributed by atoms with Gasteiger partial charge in [-0.05, 0) is 33.3 Å². The van der Waals surface area contributed by atoms with Crippen LogP contribution >= 0.6 is 0 Å². The fraction of sp³-hybridized carbons (Fsp3) is 0.400. The lowest BCUT2D eigenvalue weighted by Gasteiger charge is -1.95. The summed E-state index contributed by atoms with van der Waals surface area (Å²) in [4.78, 5) is 0. The molecule has 56 valence electrons. The van der Waals surface area contributed by atoms with Crippen molar-refractivity contribution < 1.29 is 0 Å². The van der Waals surface area contributed by atoms with Crippen molar-refractivity contribution in [1.29, 1.82) is 0 Å². The smallest absolute Gasteiger partial charge is 0.0277 e. The molecule has 0 spiro atoms. The molecule has 0 N–H and O–H groups in total. The normalized spacial score (nSPS) is 11.2. The molecule has 10 heavy (non-hydrogen) atoms. The summed E-state index contributed by atoms with van der Waals surface area (Å²) in [5.41, 5.74) is 2.67. The third-order valence-corrected chi connectivity index (χ3v) is 1.27. The fourth-order valence-electron chi connectivity index (χ4n) is 0.748. The Labute approximate surface area is 64.0 Å². The first kappa shape index (κ1) is 9.22. The van der Waals surface area contributed by atoms with E-state index >= 15 is 0 Å². The van der Waals surface area contributed by atoms with E-state index in [2.05, 4.69) is 38.2 Å². The van der Waals surface area contributed by atoms with Crippen LogP contribution in [0, 0.1) is 0 Å². The minimum atomic E-state index is 1.31. The van der Waals surface area contributed by atoms with Crippen LogP contribution in [0.25, 0.3) is 0 Å². The summed E-state index contributed by atoms with van der Waals surface area (Å²) in [6, 6.07) is 0. The van der Waals surface area contributed by atoms with Crippen LogP contribution in [0.5, 0.6) is 0 Å². The maximum absolute atomic E-state index is 2.12. The Morgan fingerprint density at radius 2 is 1.30 bits per heavy atom. The van der Waals surface area contributed by atoms with Crippen LogP contribution in [0.2, 0.25) is 0 Å². The van der Waals surface area contributed by atoms with Crippen LogP contribution in [-0.4, -0.2) is 0 Å². The van der Waals surface area contributed by atoms with Gasteiger partial charge in [0.25, 0.3) is 0 Å². The molecular formula is C10H16. The molecule has 0 saturated carbocycles. The number of hydrogen-bond donors (Lipinski definition) is 0. The van der Waals surface area contributed by atoms with Crippen molar-refractivity contribution in [1.82, 2.24) is 0 Å². The average molecular weight is 136 g/mol. The predicted octanol–water partition coefficient (Wildman–Crippen LogP) is 3.48. The minimum Gasteiger partial charge on any atom is -0.0871 e. The van der Waals surface area contributed by atoms with Gasteiger partial charge in [0, 0.05) is 0 Å². The number of allylic oxidation sites excluding steroid dienone is 6. The standard InChI is InChI=1S/C10H16/c1-5-7-10(8-6-2)9(3)4/h5-8H,1-4H3. The maximum Gasteiger partial charge on any atom is -0.0277 e. The molecule has 0 atom stereocenters. The molecule has 0 bridgehead atoms. The van der Waals surface area contributed by atoms with E-state index in [9.17, 15) is 0 Å². The van der Waals surface area contributed by atoms with Gasteiger partial charge in [0.1, 0.15) is 0 Å². The summed E-state index contributed by atoms with van der Waals surface area (Å²) >= 11 is 0. The van der Waals surface area contributed by atoms with Gasteiger partial charge in [-0.25, -0.2) is 0 Å². The average Bonchev–Trinajstić information content (AvgIpc) is 1.87.